The van der Waals surface area contributed by atoms with Gasteiger partial charge in [-0.3, -0.25) is 0 Å². The molecular formula is C15H24N4. The van der Waals surface area contributed by atoms with Crippen LogP contribution in [0.1, 0.15) is 33.7 Å². The number of para-hydroxylation sites is 1. The van der Waals surface area contributed by atoms with E-state index in [9.17, 15) is 0 Å². The van der Waals surface area contributed by atoms with Crippen LogP contribution in [-0.2, 0) is 0 Å². The minimum atomic E-state index is 0.339. The number of hydrogen-bond donors (Lipinski definition) is 1. The fourth-order valence-electron chi connectivity index (χ4n) is 2.26. The monoisotopic (exact) mass is 260 g/mol. The number of nitrogens with zero attached hydrogens (tertiary/aromatic N) is 3. The van der Waals surface area contributed by atoms with Crippen molar-refractivity contribution < 1.29 is 0 Å². The van der Waals surface area contributed by atoms with E-state index in [0.29, 0.717) is 17.9 Å². The van der Waals surface area contributed by atoms with Crippen LogP contribution in [0.2, 0.25) is 0 Å². The van der Waals surface area contributed by atoms with Crippen molar-refractivity contribution in [2.75, 3.05) is 13.1 Å². The van der Waals surface area contributed by atoms with Gasteiger partial charge < -0.3 is 5.32 Å². The molecule has 0 fully saturated rings. The molecule has 2 aromatic rings. The number of benzene rings is 1. The second-order valence-corrected chi connectivity index (χ2v) is 5.89. The third-order valence-electron chi connectivity index (χ3n) is 3.37. The molecule has 1 unspecified atom stereocenters. The second kappa shape index (κ2) is 6.15. The van der Waals surface area contributed by atoms with Gasteiger partial charge in [-0.15, -0.1) is 5.10 Å². The van der Waals surface area contributed by atoms with Crippen LogP contribution < -0.4 is 5.32 Å². The number of fused-ring (bicyclic) bond motifs is 1. The maximum Gasteiger partial charge on any atom is 0.113 e. The van der Waals surface area contributed by atoms with Gasteiger partial charge in [0.15, 0.2) is 0 Å². The summed E-state index contributed by atoms with van der Waals surface area (Å²) in [7, 11) is 0. The van der Waals surface area contributed by atoms with Crippen molar-refractivity contribution in [2.24, 2.45) is 11.8 Å². The zero-order valence-corrected chi connectivity index (χ0v) is 12.3. The van der Waals surface area contributed by atoms with E-state index < -0.39 is 0 Å². The quantitative estimate of drug-likeness (QED) is 0.868. The number of rotatable bonds is 6. The summed E-state index contributed by atoms with van der Waals surface area (Å²) in [5.41, 5.74) is 2.09. The van der Waals surface area contributed by atoms with E-state index in [0.717, 1.165) is 24.1 Å². The molecule has 0 spiro atoms. The van der Waals surface area contributed by atoms with Crippen LogP contribution in [-0.4, -0.2) is 28.1 Å². The maximum absolute atomic E-state index is 4.34. The van der Waals surface area contributed by atoms with Crippen molar-refractivity contribution in [1.29, 1.82) is 0 Å². The Labute approximate surface area is 115 Å². The normalized spacial score (nSPS) is 13.6. The van der Waals surface area contributed by atoms with Crippen molar-refractivity contribution in [3.8, 4) is 0 Å². The SMILES string of the molecule is CC(C)CNCC(C(C)C)n1nnc2ccccc21. The Morgan fingerprint density at radius 3 is 2.53 bits per heavy atom. The number of hydrogen-bond acceptors (Lipinski definition) is 3. The smallest absolute Gasteiger partial charge is 0.113 e. The molecule has 1 N–H and O–H groups in total. The lowest BCUT2D eigenvalue weighted by atomic mass is 10.0. The Balaban J connectivity index is 2.19. The molecule has 1 aromatic carbocycles. The minimum absolute atomic E-state index is 0.339. The molecule has 2 rings (SSSR count). The molecule has 1 atom stereocenters. The molecule has 104 valence electrons. The van der Waals surface area contributed by atoms with E-state index in [1.165, 1.54) is 0 Å². The van der Waals surface area contributed by atoms with Crippen LogP contribution >= 0.6 is 0 Å². The third-order valence-corrected chi connectivity index (χ3v) is 3.37. The molecule has 0 aliphatic rings. The molecule has 0 aliphatic heterocycles. The fourth-order valence-corrected chi connectivity index (χ4v) is 2.26. The summed E-state index contributed by atoms with van der Waals surface area (Å²) >= 11 is 0. The molecule has 0 amide bonds. The molecule has 4 nitrogen and oxygen atoms in total. The van der Waals surface area contributed by atoms with E-state index in [-0.39, 0.29) is 0 Å². The first-order valence-electron chi connectivity index (χ1n) is 7.10. The molecule has 0 saturated heterocycles. The first-order valence-corrected chi connectivity index (χ1v) is 7.10. The van der Waals surface area contributed by atoms with Crippen molar-refractivity contribution in [1.82, 2.24) is 20.3 Å². The highest BCUT2D eigenvalue weighted by molar-refractivity contribution is 5.73. The van der Waals surface area contributed by atoms with E-state index >= 15 is 0 Å². The summed E-state index contributed by atoms with van der Waals surface area (Å²) in [6.07, 6.45) is 0. The molecule has 0 saturated carbocycles. The van der Waals surface area contributed by atoms with Gasteiger partial charge in [-0.2, -0.15) is 0 Å². The van der Waals surface area contributed by atoms with Crippen LogP contribution in [0.25, 0.3) is 11.0 Å². The molecule has 4 heteroatoms. The highest BCUT2D eigenvalue weighted by atomic mass is 15.4. The summed E-state index contributed by atoms with van der Waals surface area (Å²) in [5, 5.41) is 12.1. The topological polar surface area (TPSA) is 42.7 Å². The van der Waals surface area contributed by atoms with Crippen LogP contribution in [0.15, 0.2) is 24.3 Å². The average molecular weight is 260 g/mol. The van der Waals surface area contributed by atoms with Gasteiger partial charge in [0.05, 0.1) is 11.6 Å². The number of aromatic nitrogens is 3. The molecule has 0 bridgehead atoms. The molecule has 0 radical (unpaired) electrons. The van der Waals surface area contributed by atoms with Crippen molar-refractivity contribution in [2.45, 2.75) is 33.7 Å². The van der Waals surface area contributed by atoms with Gasteiger partial charge in [-0.1, -0.05) is 45.0 Å². The third kappa shape index (κ3) is 3.32. The average Bonchev–Trinajstić information content (AvgIpc) is 2.77. The standard InChI is InChI=1S/C15H24N4/c1-11(2)9-16-10-15(12(3)4)19-14-8-6-5-7-13(14)17-18-19/h5-8,11-12,15-16H,9-10H2,1-4H3. The Bertz CT molecular complexity index is 516. The van der Waals surface area contributed by atoms with Crippen LogP contribution in [0.3, 0.4) is 0 Å². The zero-order valence-electron chi connectivity index (χ0n) is 12.3. The summed E-state index contributed by atoms with van der Waals surface area (Å²) in [6, 6.07) is 8.49. The van der Waals surface area contributed by atoms with Gasteiger partial charge in [0.1, 0.15) is 5.52 Å². The lowest BCUT2D eigenvalue weighted by Crippen LogP contribution is -2.31. The first kappa shape index (κ1) is 14.0. The van der Waals surface area contributed by atoms with Gasteiger partial charge >= 0.3 is 0 Å². The summed E-state index contributed by atoms with van der Waals surface area (Å²) in [4.78, 5) is 0. The fraction of sp³-hybridized carbons (Fsp3) is 0.600. The van der Waals surface area contributed by atoms with Crippen molar-refractivity contribution >= 4 is 11.0 Å². The molecule has 1 heterocycles. The zero-order chi connectivity index (χ0) is 13.8. The Morgan fingerprint density at radius 2 is 1.84 bits per heavy atom. The van der Waals surface area contributed by atoms with Crippen molar-refractivity contribution in [3.63, 3.8) is 0 Å². The summed E-state index contributed by atoms with van der Waals surface area (Å²) in [6.45, 7) is 10.9. The van der Waals surface area contributed by atoms with Gasteiger partial charge in [-0.25, -0.2) is 4.68 Å². The van der Waals surface area contributed by atoms with Crippen LogP contribution in [0.4, 0.5) is 0 Å². The van der Waals surface area contributed by atoms with E-state index in [4.69, 9.17) is 0 Å². The second-order valence-electron chi connectivity index (χ2n) is 5.89. The Kier molecular flexibility index (Phi) is 4.53. The lowest BCUT2D eigenvalue weighted by Gasteiger charge is -2.22. The summed E-state index contributed by atoms with van der Waals surface area (Å²) < 4.78 is 2.06. The number of nitrogens with one attached hydrogen (secondary N) is 1. The predicted octanol–water partition coefficient (Wildman–Crippen LogP) is 2.87. The van der Waals surface area contributed by atoms with Gasteiger partial charge in [0.25, 0.3) is 0 Å². The minimum Gasteiger partial charge on any atom is -0.314 e. The Morgan fingerprint density at radius 1 is 1.11 bits per heavy atom. The van der Waals surface area contributed by atoms with Gasteiger partial charge in [-0.05, 0) is 30.5 Å². The first-order chi connectivity index (χ1) is 9.09. The van der Waals surface area contributed by atoms with E-state index in [1.807, 2.05) is 18.2 Å². The largest absolute Gasteiger partial charge is 0.314 e. The molecule has 19 heavy (non-hydrogen) atoms. The van der Waals surface area contributed by atoms with Gasteiger partial charge in [0.2, 0.25) is 0 Å². The highest BCUT2D eigenvalue weighted by Crippen LogP contribution is 2.21. The molecular weight excluding hydrogens is 236 g/mol. The Hall–Kier alpha value is -1.42. The van der Waals surface area contributed by atoms with Crippen LogP contribution in [0.5, 0.6) is 0 Å². The van der Waals surface area contributed by atoms with Crippen molar-refractivity contribution in [3.05, 3.63) is 24.3 Å². The van der Waals surface area contributed by atoms with Gasteiger partial charge in [0, 0.05) is 6.54 Å². The van der Waals surface area contributed by atoms with Crippen LogP contribution in [0, 0.1) is 11.8 Å². The van der Waals surface area contributed by atoms with E-state index in [1.54, 1.807) is 0 Å². The molecule has 0 aliphatic carbocycles. The highest BCUT2D eigenvalue weighted by Gasteiger charge is 2.18. The lowest BCUT2D eigenvalue weighted by molar-refractivity contribution is 0.327. The van der Waals surface area contributed by atoms with E-state index in [2.05, 4.69) is 54.1 Å². The summed E-state index contributed by atoms with van der Waals surface area (Å²) in [5.74, 6) is 1.19. The molecule has 1 aromatic heterocycles. The predicted molar refractivity (Wildman–Crippen MR) is 79.1 cm³/mol. The maximum atomic E-state index is 4.34.